The van der Waals surface area contributed by atoms with Crippen LogP contribution < -0.4 is 4.90 Å². The summed E-state index contributed by atoms with van der Waals surface area (Å²) < 4.78 is 61.0. The van der Waals surface area contributed by atoms with Crippen molar-refractivity contribution in [2.24, 2.45) is 0 Å². The van der Waals surface area contributed by atoms with Crippen molar-refractivity contribution in [1.29, 1.82) is 0 Å². The van der Waals surface area contributed by atoms with Crippen LogP contribution in [0, 0.1) is 5.82 Å². The fourth-order valence-electron chi connectivity index (χ4n) is 3.27. The van der Waals surface area contributed by atoms with Gasteiger partial charge in [0.05, 0.1) is 11.3 Å². The topological polar surface area (TPSA) is 32.8 Å². The smallest absolute Gasteiger partial charge is 0.419 e. The molecule has 4 nitrogen and oxygen atoms in total. The van der Waals surface area contributed by atoms with E-state index < -0.39 is 29.3 Å². The molecule has 0 atom stereocenters. The first-order chi connectivity index (χ1) is 14.4. The number of carbonyl (C=O) groups excluding carboxylic acids is 1. The third-order valence-corrected chi connectivity index (χ3v) is 5.63. The summed E-state index contributed by atoms with van der Waals surface area (Å²) in [5, 5.41) is 0. The van der Waals surface area contributed by atoms with Crippen molar-refractivity contribution < 1.29 is 27.1 Å². The van der Waals surface area contributed by atoms with Crippen LogP contribution in [0.4, 0.5) is 28.0 Å². The first-order valence-electron chi connectivity index (χ1n) is 9.80. The summed E-state index contributed by atoms with van der Waals surface area (Å²) in [7, 11) is 0. The molecular formula is C22H24F4N2O2S. The van der Waals surface area contributed by atoms with E-state index in [0.717, 1.165) is 11.8 Å². The van der Waals surface area contributed by atoms with Gasteiger partial charge < -0.3 is 14.5 Å². The number of hydrogen-bond donors (Lipinski definition) is 0. The molecule has 0 spiro atoms. The van der Waals surface area contributed by atoms with Crippen molar-refractivity contribution >= 4 is 23.5 Å². The van der Waals surface area contributed by atoms with Crippen LogP contribution >= 0.6 is 11.8 Å². The Morgan fingerprint density at radius 1 is 1.00 bits per heavy atom. The molecule has 9 heteroatoms. The van der Waals surface area contributed by atoms with E-state index in [-0.39, 0.29) is 36.8 Å². The number of nitrogens with zero attached hydrogens (tertiary/aromatic N) is 2. The number of carbonyl (C=O) groups is 1. The van der Waals surface area contributed by atoms with Gasteiger partial charge in [0.2, 0.25) is 0 Å². The molecular weight excluding hydrogens is 432 g/mol. The standard InChI is InChI=1S/C22H24F4N2O2S/c1-21(2,3)30-20(29)28-12-10-27(11-13-28)17-8-5-9-18(19(17)22(24,25)26)31-16-7-4-6-15(23)14-16/h4-9,14H,10-13H2,1-3H3. The summed E-state index contributed by atoms with van der Waals surface area (Å²) in [6.45, 7) is 6.29. The highest BCUT2D eigenvalue weighted by atomic mass is 32.2. The highest BCUT2D eigenvalue weighted by molar-refractivity contribution is 7.99. The van der Waals surface area contributed by atoms with Gasteiger partial charge in [0.1, 0.15) is 11.4 Å². The third-order valence-electron chi connectivity index (χ3n) is 4.58. The number of anilines is 1. The third kappa shape index (κ3) is 6.06. The molecule has 0 bridgehead atoms. The van der Waals surface area contributed by atoms with E-state index in [1.54, 1.807) is 37.8 Å². The predicted octanol–water partition coefficient (Wildman–Crippen LogP) is 6.05. The minimum absolute atomic E-state index is 0.00479. The number of hydrogen-bond acceptors (Lipinski definition) is 4. The van der Waals surface area contributed by atoms with Gasteiger partial charge in [-0.25, -0.2) is 9.18 Å². The van der Waals surface area contributed by atoms with Crippen molar-refractivity contribution in [2.45, 2.75) is 42.3 Å². The average molecular weight is 457 g/mol. The second kappa shape index (κ2) is 8.98. The molecule has 1 heterocycles. The first kappa shape index (κ1) is 23.2. The lowest BCUT2D eigenvalue weighted by atomic mass is 10.1. The van der Waals surface area contributed by atoms with Crippen molar-refractivity contribution in [3.05, 3.63) is 53.8 Å². The van der Waals surface area contributed by atoms with Gasteiger partial charge in [-0.1, -0.05) is 23.9 Å². The predicted molar refractivity (Wildman–Crippen MR) is 112 cm³/mol. The highest BCUT2D eigenvalue weighted by Crippen LogP contribution is 2.44. The Labute approximate surface area is 183 Å². The van der Waals surface area contributed by atoms with Crippen molar-refractivity contribution in [2.75, 3.05) is 31.1 Å². The van der Waals surface area contributed by atoms with Crippen LogP contribution in [-0.2, 0) is 10.9 Å². The van der Waals surface area contributed by atoms with Crippen LogP contribution in [0.15, 0.2) is 52.3 Å². The molecule has 0 saturated carbocycles. The normalized spacial score (nSPS) is 15.2. The van der Waals surface area contributed by atoms with E-state index in [9.17, 15) is 22.4 Å². The zero-order valence-electron chi connectivity index (χ0n) is 17.5. The molecule has 2 aromatic carbocycles. The van der Waals surface area contributed by atoms with Gasteiger partial charge in [-0.3, -0.25) is 0 Å². The summed E-state index contributed by atoms with van der Waals surface area (Å²) >= 11 is 0.874. The van der Waals surface area contributed by atoms with E-state index in [0.29, 0.717) is 4.90 Å². The molecule has 1 aliphatic heterocycles. The molecule has 1 fully saturated rings. The zero-order chi connectivity index (χ0) is 22.8. The van der Waals surface area contributed by atoms with E-state index in [1.165, 1.54) is 35.2 Å². The zero-order valence-corrected chi connectivity index (χ0v) is 18.3. The maximum Gasteiger partial charge on any atom is 0.419 e. The Morgan fingerprint density at radius 3 is 2.23 bits per heavy atom. The minimum Gasteiger partial charge on any atom is -0.444 e. The second-order valence-electron chi connectivity index (χ2n) is 8.16. The maximum atomic E-state index is 14.0. The molecule has 1 amide bonds. The maximum absolute atomic E-state index is 14.0. The second-order valence-corrected chi connectivity index (χ2v) is 9.28. The molecule has 2 aromatic rings. The number of amides is 1. The Balaban J connectivity index is 1.83. The van der Waals surface area contributed by atoms with Crippen molar-refractivity contribution in [3.8, 4) is 0 Å². The van der Waals surface area contributed by atoms with E-state index in [4.69, 9.17) is 4.74 Å². The Kier molecular flexibility index (Phi) is 6.73. The lowest BCUT2D eigenvalue weighted by molar-refractivity contribution is -0.139. The van der Waals surface area contributed by atoms with Crippen LogP contribution in [0.3, 0.4) is 0 Å². The summed E-state index contributed by atoms with van der Waals surface area (Å²) in [6.07, 6.45) is -5.06. The van der Waals surface area contributed by atoms with Gasteiger partial charge in [0, 0.05) is 36.0 Å². The molecule has 31 heavy (non-hydrogen) atoms. The number of ether oxygens (including phenoxy) is 1. The summed E-state index contributed by atoms with van der Waals surface area (Å²) in [5.74, 6) is -0.507. The van der Waals surface area contributed by atoms with E-state index in [2.05, 4.69) is 0 Å². The highest BCUT2D eigenvalue weighted by Gasteiger charge is 2.38. The van der Waals surface area contributed by atoms with Crippen molar-refractivity contribution in [3.63, 3.8) is 0 Å². The first-order valence-corrected chi connectivity index (χ1v) is 10.6. The SMILES string of the molecule is CC(C)(C)OC(=O)N1CCN(c2cccc(Sc3cccc(F)c3)c2C(F)(F)F)CC1. The molecule has 168 valence electrons. The number of alkyl halides is 3. The molecule has 1 saturated heterocycles. The van der Waals surface area contributed by atoms with Crippen LogP contribution in [-0.4, -0.2) is 42.8 Å². The van der Waals surface area contributed by atoms with E-state index in [1.807, 2.05) is 0 Å². The Morgan fingerprint density at radius 2 is 1.65 bits per heavy atom. The van der Waals surface area contributed by atoms with Gasteiger partial charge in [0.15, 0.2) is 0 Å². The lowest BCUT2D eigenvalue weighted by Crippen LogP contribution is -2.50. The van der Waals surface area contributed by atoms with Crippen LogP contribution in [0.25, 0.3) is 0 Å². The van der Waals surface area contributed by atoms with Gasteiger partial charge in [-0.05, 0) is 51.1 Å². The number of benzene rings is 2. The summed E-state index contributed by atoms with van der Waals surface area (Å²) in [5.41, 5.74) is -1.34. The number of piperazine rings is 1. The van der Waals surface area contributed by atoms with Crippen LogP contribution in [0.2, 0.25) is 0 Å². The van der Waals surface area contributed by atoms with Crippen molar-refractivity contribution in [1.82, 2.24) is 4.90 Å². The summed E-state index contributed by atoms with van der Waals surface area (Å²) in [4.78, 5) is 15.8. The van der Waals surface area contributed by atoms with Gasteiger partial charge in [-0.2, -0.15) is 13.2 Å². The van der Waals surface area contributed by atoms with Crippen LogP contribution in [0.1, 0.15) is 26.3 Å². The molecule has 1 aliphatic rings. The monoisotopic (exact) mass is 456 g/mol. The number of rotatable bonds is 3. The molecule has 3 rings (SSSR count). The molecule has 0 radical (unpaired) electrons. The Bertz CT molecular complexity index is 936. The lowest BCUT2D eigenvalue weighted by Gasteiger charge is -2.38. The number of halogens is 4. The minimum atomic E-state index is -4.59. The quantitative estimate of drug-likeness (QED) is 0.526. The Hall–Kier alpha value is -2.42. The largest absolute Gasteiger partial charge is 0.444 e. The fourth-order valence-corrected chi connectivity index (χ4v) is 4.31. The fraction of sp³-hybridized carbons (Fsp3) is 0.409. The van der Waals surface area contributed by atoms with E-state index >= 15 is 0 Å². The average Bonchev–Trinajstić information content (AvgIpc) is 2.66. The molecule has 0 unspecified atom stereocenters. The molecule has 0 aromatic heterocycles. The van der Waals surface area contributed by atoms with Crippen LogP contribution in [0.5, 0.6) is 0 Å². The van der Waals surface area contributed by atoms with Gasteiger partial charge in [-0.15, -0.1) is 0 Å². The molecule has 0 N–H and O–H groups in total. The molecule has 0 aliphatic carbocycles. The van der Waals surface area contributed by atoms with Gasteiger partial charge >= 0.3 is 12.3 Å². The summed E-state index contributed by atoms with van der Waals surface area (Å²) in [6, 6.07) is 9.87. The van der Waals surface area contributed by atoms with Gasteiger partial charge in [0.25, 0.3) is 0 Å².